The Morgan fingerprint density at radius 1 is 1.14 bits per heavy atom. The third kappa shape index (κ3) is 14.4. The van der Waals surface area contributed by atoms with Crippen LogP contribution in [0.25, 0.3) is 0 Å². The van der Waals surface area contributed by atoms with Gasteiger partial charge in [0.2, 0.25) is 0 Å². The number of alkyl carbamates (subject to hydrolysis) is 1. The number of nitrogens with zero attached hydrogens (tertiary/aromatic N) is 1. The fourth-order valence-corrected chi connectivity index (χ4v) is 3.12. The highest BCUT2D eigenvalue weighted by molar-refractivity contribution is 7.90. The molecule has 0 rings (SSSR count). The highest BCUT2D eigenvalue weighted by Gasteiger charge is 2.25. The third-order valence-corrected chi connectivity index (χ3v) is 4.59. The molecule has 0 aliphatic carbocycles. The summed E-state index contributed by atoms with van der Waals surface area (Å²) in [5.41, 5.74) is -0.863. The van der Waals surface area contributed by atoms with Crippen LogP contribution >= 0.6 is 0 Å². The first-order valence-corrected chi connectivity index (χ1v) is 11.2. The van der Waals surface area contributed by atoms with E-state index in [1.807, 2.05) is 27.7 Å². The topological polar surface area (TPSA) is 111 Å². The molecule has 1 atom stereocenters. The lowest BCUT2D eigenvalue weighted by molar-refractivity contribution is -0.146. The van der Waals surface area contributed by atoms with Crippen molar-refractivity contribution < 1.29 is 27.5 Å². The maximum absolute atomic E-state index is 12.2. The molecule has 1 N–H and O–H groups in total. The number of carbonyl (C=O) groups excluding carboxylic acids is 2. The average molecular weight is 421 g/mol. The van der Waals surface area contributed by atoms with E-state index in [9.17, 15) is 18.0 Å². The zero-order valence-corrected chi connectivity index (χ0v) is 19.0. The van der Waals surface area contributed by atoms with E-state index in [-0.39, 0.29) is 24.2 Å². The van der Waals surface area contributed by atoms with E-state index >= 15 is 0 Å². The van der Waals surface area contributed by atoms with Gasteiger partial charge in [0.05, 0.1) is 12.4 Å². The van der Waals surface area contributed by atoms with Crippen LogP contribution in [0.15, 0.2) is 4.40 Å². The second kappa shape index (κ2) is 11.4. The minimum absolute atomic E-state index is 0.0852. The van der Waals surface area contributed by atoms with Gasteiger partial charge < -0.3 is 14.8 Å². The van der Waals surface area contributed by atoms with Gasteiger partial charge in [-0.1, -0.05) is 34.1 Å². The van der Waals surface area contributed by atoms with Crippen molar-refractivity contribution in [3.05, 3.63) is 0 Å². The summed E-state index contributed by atoms with van der Waals surface area (Å²) in [5.74, 6) is -0.740. The largest absolute Gasteiger partial charge is 0.464 e. The Bertz CT molecular complexity index is 630. The number of sulfonamides is 1. The molecule has 0 spiro atoms. The normalized spacial score (nSPS) is 14.0. The van der Waals surface area contributed by atoms with Gasteiger partial charge in [-0.05, 0) is 39.0 Å². The summed E-state index contributed by atoms with van der Waals surface area (Å²) in [6.45, 7) is 13.1. The van der Waals surface area contributed by atoms with E-state index in [4.69, 9.17) is 9.47 Å². The predicted molar refractivity (Wildman–Crippen MR) is 110 cm³/mol. The summed E-state index contributed by atoms with van der Waals surface area (Å²) in [4.78, 5) is 24.2. The molecule has 0 heterocycles. The Hall–Kier alpha value is -1.64. The van der Waals surface area contributed by atoms with E-state index in [0.29, 0.717) is 12.8 Å². The van der Waals surface area contributed by atoms with Gasteiger partial charge in [0.15, 0.2) is 0 Å². The molecule has 0 radical (unpaired) electrons. The first-order valence-electron chi connectivity index (χ1n) is 9.58. The van der Waals surface area contributed by atoms with Crippen molar-refractivity contribution in [3.8, 4) is 0 Å². The minimum atomic E-state index is -3.64. The standard InChI is InChI=1S/C19H36N2O6S/c1-8-9-13-26-16(22)15(21-17(23)27-19(5,6)7)10-12-20-28(24,25)14-11-18(2,3)4/h12,15H,8-11,13-14H2,1-7H3,(H,21,23)/t15-/m0/s1. The molecule has 0 aliphatic rings. The van der Waals surface area contributed by atoms with Gasteiger partial charge in [-0.2, -0.15) is 4.40 Å². The molecule has 9 heteroatoms. The molecule has 28 heavy (non-hydrogen) atoms. The number of carbonyl (C=O) groups is 2. The van der Waals surface area contributed by atoms with Crippen LogP contribution in [0.5, 0.6) is 0 Å². The van der Waals surface area contributed by atoms with Crippen LogP contribution in [0.4, 0.5) is 4.79 Å². The van der Waals surface area contributed by atoms with E-state index in [2.05, 4.69) is 9.71 Å². The number of hydrogen-bond acceptors (Lipinski definition) is 6. The SMILES string of the molecule is CCCCOC(=O)[C@H](CC=NS(=O)(=O)CCC(C)(C)C)NC(=O)OC(C)(C)C. The lowest BCUT2D eigenvalue weighted by atomic mass is 9.94. The van der Waals surface area contributed by atoms with E-state index in [0.717, 1.165) is 12.6 Å². The van der Waals surface area contributed by atoms with E-state index < -0.39 is 33.7 Å². The highest BCUT2D eigenvalue weighted by Crippen LogP contribution is 2.19. The van der Waals surface area contributed by atoms with Gasteiger partial charge in [-0.25, -0.2) is 18.0 Å². The quantitative estimate of drug-likeness (QED) is 0.329. The lowest BCUT2D eigenvalue weighted by Gasteiger charge is -2.22. The Morgan fingerprint density at radius 2 is 1.75 bits per heavy atom. The maximum atomic E-state index is 12.2. The number of rotatable bonds is 10. The molecule has 0 saturated heterocycles. The average Bonchev–Trinajstić information content (AvgIpc) is 2.50. The summed E-state index contributed by atoms with van der Waals surface area (Å²) >= 11 is 0. The van der Waals surface area contributed by atoms with Crippen molar-refractivity contribution in [2.75, 3.05) is 12.4 Å². The van der Waals surface area contributed by atoms with Crippen molar-refractivity contribution in [1.29, 1.82) is 0 Å². The number of amides is 1. The first-order chi connectivity index (χ1) is 12.7. The number of nitrogens with one attached hydrogen (secondary N) is 1. The maximum Gasteiger partial charge on any atom is 0.408 e. The molecule has 0 aromatic carbocycles. The minimum Gasteiger partial charge on any atom is -0.464 e. The monoisotopic (exact) mass is 420 g/mol. The fraction of sp³-hybridized carbons (Fsp3) is 0.842. The molecule has 164 valence electrons. The predicted octanol–water partition coefficient (Wildman–Crippen LogP) is 3.45. The Labute approximate surface area is 169 Å². The summed E-state index contributed by atoms with van der Waals surface area (Å²) in [5, 5.41) is 2.42. The summed E-state index contributed by atoms with van der Waals surface area (Å²) in [7, 11) is -3.64. The van der Waals surface area contributed by atoms with Crippen molar-refractivity contribution in [1.82, 2.24) is 5.32 Å². The Kier molecular flexibility index (Phi) is 10.7. The van der Waals surface area contributed by atoms with Crippen LogP contribution in [0, 0.1) is 5.41 Å². The zero-order chi connectivity index (χ0) is 22.0. The highest BCUT2D eigenvalue weighted by atomic mass is 32.2. The number of hydrogen-bond donors (Lipinski definition) is 1. The summed E-state index contributed by atoms with van der Waals surface area (Å²) < 4.78 is 37.9. The van der Waals surface area contributed by atoms with Gasteiger partial charge in [-0.3, -0.25) is 0 Å². The van der Waals surface area contributed by atoms with Crippen molar-refractivity contribution in [3.63, 3.8) is 0 Å². The molecular weight excluding hydrogens is 384 g/mol. The molecular formula is C19H36N2O6S. The summed E-state index contributed by atoms with van der Waals surface area (Å²) in [6, 6.07) is -1.08. The summed E-state index contributed by atoms with van der Waals surface area (Å²) in [6.07, 6.45) is 2.24. The molecule has 0 unspecified atom stereocenters. The number of esters is 1. The second-order valence-electron chi connectivity index (χ2n) is 8.84. The number of unbranched alkanes of at least 4 members (excludes halogenated alkanes) is 1. The second-order valence-corrected chi connectivity index (χ2v) is 10.6. The van der Waals surface area contributed by atoms with Crippen LogP contribution in [-0.2, 0) is 24.3 Å². The molecule has 0 bridgehead atoms. The lowest BCUT2D eigenvalue weighted by Crippen LogP contribution is -2.44. The van der Waals surface area contributed by atoms with Gasteiger partial charge in [-0.15, -0.1) is 0 Å². The first kappa shape index (κ1) is 26.4. The fourth-order valence-electron chi connectivity index (χ4n) is 1.83. The number of ether oxygens (including phenoxy) is 2. The van der Waals surface area contributed by atoms with Crippen molar-refractivity contribution in [2.24, 2.45) is 9.81 Å². The van der Waals surface area contributed by atoms with Gasteiger partial charge >= 0.3 is 12.1 Å². The van der Waals surface area contributed by atoms with E-state index in [1.165, 1.54) is 0 Å². The molecule has 0 fully saturated rings. The molecule has 1 amide bonds. The molecule has 8 nitrogen and oxygen atoms in total. The van der Waals surface area contributed by atoms with Gasteiger partial charge in [0, 0.05) is 12.6 Å². The zero-order valence-electron chi connectivity index (χ0n) is 18.2. The van der Waals surface area contributed by atoms with Crippen LogP contribution in [-0.4, -0.2) is 50.7 Å². The van der Waals surface area contributed by atoms with Crippen LogP contribution in [0.3, 0.4) is 0 Å². The molecule has 0 aliphatic heterocycles. The molecule has 0 aromatic heterocycles. The molecule has 0 aromatic rings. The van der Waals surface area contributed by atoms with Crippen molar-refractivity contribution in [2.45, 2.75) is 85.8 Å². The third-order valence-electron chi connectivity index (χ3n) is 3.40. The molecule has 0 saturated carbocycles. The Balaban J connectivity index is 5.00. The van der Waals surface area contributed by atoms with Gasteiger partial charge in [0.1, 0.15) is 11.6 Å². The van der Waals surface area contributed by atoms with E-state index in [1.54, 1.807) is 20.8 Å². The smallest absolute Gasteiger partial charge is 0.408 e. The van der Waals surface area contributed by atoms with Gasteiger partial charge in [0.25, 0.3) is 10.0 Å². The van der Waals surface area contributed by atoms with Crippen molar-refractivity contribution >= 4 is 28.3 Å². The van der Waals surface area contributed by atoms with Crippen LogP contribution in [0.1, 0.15) is 74.1 Å². The van der Waals surface area contributed by atoms with Crippen LogP contribution < -0.4 is 5.32 Å². The van der Waals surface area contributed by atoms with Crippen LogP contribution in [0.2, 0.25) is 0 Å². The Morgan fingerprint density at radius 3 is 2.25 bits per heavy atom.